The minimum absolute atomic E-state index is 0.0674. The van der Waals surface area contributed by atoms with E-state index in [4.69, 9.17) is 5.73 Å². The smallest absolute Gasteiger partial charge is 0.0504 e. The molecule has 0 atom stereocenters. The van der Waals surface area contributed by atoms with Crippen LogP contribution in [0, 0.1) is 12.3 Å². The Morgan fingerprint density at radius 1 is 1.28 bits per heavy atom. The average Bonchev–Trinajstić information content (AvgIpc) is 2.41. The van der Waals surface area contributed by atoms with Crippen LogP contribution < -0.4 is 11.1 Å². The predicted octanol–water partition coefficient (Wildman–Crippen LogP) is 2.93. The summed E-state index contributed by atoms with van der Waals surface area (Å²) in [7, 11) is 0. The van der Waals surface area contributed by atoms with Crippen LogP contribution in [0.15, 0.2) is 18.2 Å². The summed E-state index contributed by atoms with van der Waals surface area (Å²) < 4.78 is 0. The van der Waals surface area contributed by atoms with Crippen molar-refractivity contribution in [3.05, 3.63) is 23.8 Å². The number of rotatable bonds is 4. The van der Waals surface area contributed by atoms with Gasteiger partial charge in [-0.05, 0) is 37.5 Å². The second kappa shape index (κ2) is 5.61. The minimum atomic E-state index is 0.0674. The molecule has 0 aliphatic heterocycles. The molecule has 2 rings (SSSR count). The standard InChI is InChI=1S/C15H24N2O/c1-12-5-6-13(9-14(12)16)17-10-15(11-18)7-3-2-4-8-15/h5-6,9,17-18H,2-4,7-8,10-11,16H2,1H3. The summed E-state index contributed by atoms with van der Waals surface area (Å²) in [5.74, 6) is 0. The highest BCUT2D eigenvalue weighted by Gasteiger charge is 2.30. The Hall–Kier alpha value is -1.22. The van der Waals surface area contributed by atoms with Gasteiger partial charge in [0.25, 0.3) is 0 Å². The zero-order valence-electron chi connectivity index (χ0n) is 11.2. The third-order valence-corrected chi connectivity index (χ3v) is 4.20. The molecule has 3 nitrogen and oxygen atoms in total. The first kappa shape index (κ1) is 13.2. The number of hydrogen-bond donors (Lipinski definition) is 3. The zero-order chi connectivity index (χ0) is 13.0. The van der Waals surface area contributed by atoms with Gasteiger partial charge in [-0.25, -0.2) is 0 Å². The van der Waals surface area contributed by atoms with E-state index in [-0.39, 0.29) is 12.0 Å². The summed E-state index contributed by atoms with van der Waals surface area (Å²) in [5.41, 5.74) is 8.95. The molecule has 0 heterocycles. The normalized spacial score (nSPS) is 18.6. The molecule has 0 spiro atoms. The van der Waals surface area contributed by atoms with Gasteiger partial charge in [0, 0.05) is 23.3 Å². The molecular formula is C15H24N2O. The Bertz CT molecular complexity index is 397. The van der Waals surface area contributed by atoms with Crippen molar-refractivity contribution < 1.29 is 5.11 Å². The molecule has 0 saturated heterocycles. The van der Waals surface area contributed by atoms with E-state index in [0.29, 0.717) is 0 Å². The zero-order valence-corrected chi connectivity index (χ0v) is 11.2. The van der Waals surface area contributed by atoms with Crippen molar-refractivity contribution in [3.8, 4) is 0 Å². The number of nitrogen functional groups attached to an aromatic ring is 1. The van der Waals surface area contributed by atoms with E-state index in [9.17, 15) is 5.11 Å². The van der Waals surface area contributed by atoms with Gasteiger partial charge in [0.05, 0.1) is 6.61 Å². The molecule has 3 heteroatoms. The number of anilines is 2. The number of nitrogens with two attached hydrogens (primary N) is 1. The molecular weight excluding hydrogens is 224 g/mol. The number of benzene rings is 1. The molecule has 18 heavy (non-hydrogen) atoms. The van der Waals surface area contributed by atoms with Crippen molar-refractivity contribution >= 4 is 11.4 Å². The van der Waals surface area contributed by atoms with Gasteiger partial charge in [0.15, 0.2) is 0 Å². The number of aliphatic hydroxyl groups excluding tert-OH is 1. The van der Waals surface area contributed by atoms with Crippen LogP contribution in [-0.4, -0.2) is 18.3 Å². The van der Waals surface area contributed by atoms with Gasteiger partial charge in [-0.3, -0.25) is 0 Å². The Labute approximate surface area is 109 Å². The molecule has 1 aliphatic carbocycles. The summed E-state index contributed by atoms with van der Waals surface area (Å²) in [4.78, 5) is 0. The van der Waals surface area contributed by atoms with Crippen molar-refractivity contribution in [2.45, 2.75) is 39.0 Å². The fraction of sp³-hybridized carbons (Fsp3) is 0.600. The van der Waals surface area contributed by atoms with E-state index < -0.39 is 0 Å². The van der Waals surface area contributed by atoms with E-state index in [2.05, 4.69) is 11.4 Å². The Morgan fingerprint density at radius 3 is 2.61 bits per heavy atom. The summed E-state index contributed by atoms with van der Waals surface area (Å²) in [5, 5.41) is 13.1. The first-order valence-corrected chi connectivity index (χ1v) is 6.86. The largest absolute Gasteiger partial charge is 0.398 e. The van der Waals surface area contributed by atoms with Crippen molar-refractivity contribution in [3.63, 3.8) is 0 Å². The average molecular weight is 248 g/mol. The highest BCUT2D eigenvalue weighted by atomic mass is 16.3. The van der Waals surface area contributed by atoms with Crippen molar-refractivity contribution in [1.29, 1.82) is 0 Å². The fourth-order valence-corrected chi connectivity index (χ4v) is 2.73. The van der Waals surface area contributed by atoms with Crippen LogP contribution in [0.5, 0.6) is 0 Å². The molecule has 1 aromatic carbocycles. The topological polar surface area (TPSA) is 58.3 Å². The van der Waals surface area contributed by atoms with Crippen LogP contribution >= 0.6 is 0 Å². The summed E-state index contributed by atoms with van der Waals surface area (Å²) in [6, 6.07) is 6.06. The molecule has 0 radical (unpaired) electrons. The number of aliphatic hydroxyl groups is 1. The Balaban J connectivity index is 1.98. The lowest BCUT2D eigenvalue weighted by molar-refractivity contribution is 0.0944. The van der Waals surface area contributed by atoms with Gasteiger partial charge in [0.1, 0.15) is 0 Å². The third-order valence-electron chi connectivity index (χ3n) is 4.20. The van der Waals surface area contributed by atoms with Gasteiger partial charge in [-0.15, -0.1) is 0 Å². The van der Waals surface area contributed by atoms with Gasteiger partial charge in [-0.2, -0.15) is 0 Å². The van der Waals surface area contributed by atoms with Gasteiger partial charge in [0.2, 0.25) is 0 Å². The van der Waals surface area contributed by atoms with E-state index in [1.165, 1.54) is 19.3 Å². The van der Waals surface area contributed by atoms with E-state index >= 15 is 0 Å². The molecule has 1 saturated carbocycles. The van der Waals surface area contributed by atoms with E-state index in [1.54, 1.807) is 0 Å². The second-order valence-electron chi connectivity index (χ2n) is 5.64. The summed E-state index contributed by atoms with van der Waals surface area (Å²) in [6.07, 6.45) is 6.02. The fourth-order valence-electron chi connectivity index (χ4n) is 2.73. The molecule has 100 valence electrons. The number of hydrogen-bond acceptors (Lipinski definition) is 3. The van der Waals surface area contributed by atoms with Crippen LogP contribution in [0.2, 0.25) is 0 Å². The molecule has 4 N–H and O–H groups in total. The maximum absolute atomic E-state index is 9.65. The Morgan fingerprint density at radius 2 is 2.00 bits per heavy atom. The lowest BCUT2D eigenvalue weighted by Crippen LogP contribution is -2.35. The maximum Gasteiger partial charge on any atom is 0.0504 e. The van der Waals surface area contributed by atoms with Crippen LogP contribution in [0.25, 0.3) is 0 Å². The SMILES string of the molecule is Cc1ccc(NCC2(CO)CCCCC2)cc1N. The minimum Gasteiger partial charge on any atom is -0.398 e. The number of nitrogens with one attached hydrogen (secondary N) is 1. The summed E-state index contributed by atoms with van der Waals surface area (Å²) >= 11 is 0. The molecule has 1 aliphatic rings. The van der Waals surface area contributed by atoms with Crippen molar-refractivity contribution in [2.24, 2.45) is 5.41 Å². The summed E-state index contributed by atoms with van der Waals surface area (Å²) in [6.45, 7) is 3.13. The van der Waals surface area contributed by atoms with E-state index in [0.717, 1.165) is 36.3 Å². The lowest BCUT2D eigenvalue weighted by atomic mass is 9.74. The second-order valence-corrected chi connectivity index (χ2v) is 5.64. The van der Waals surface area contributed by atoms with Crippen LogP contribution in [0.4, 0.5) is 11.4 Å². The third kappa shape index (κ3) is 2.96. The van der Waals surface area contributed by atoms with E-state index in [1.807, 2.05) is 19.1 Å². The maximum atomic E-state index is 9.65. The molecule has 0 aromatic heterocycles. The van der Waals surface area contributed by atoms with Gasteiger partial charge in [-0.1, -0.05) is 25.3 Å². The van der Waals surface area contributed by atoms with Crippen molar-refractivity contribution in [1.82, 2.24) is 0 Å². The molecule has 1 fully saturated rings. The van der Waals surface area contributed by atoms with Gasteiger partial charge < -0.3 is 16.2 Å². The monoisotopic (exact) mass is 248 g/mol. The Kier molecular flexibility index (Phi) is 4.12. The lowest BCUT2D eigenvalue weighted by Gasteiger charge is -2.36. The molecule has 0 bridgehead atoms. The highest BCUT2D eigenvalue weighted by Crippen LogP contribution is 2.36. The highest BCUT2D eigenvalue weighted by molar-refractivity contribution is 5.58. The van der Waals surface area contributed by atoms with Gasteiger partial charge >= 0.3 is 0 Å². The number of aryl methyl sites for hydroxylation is 1. The quantitative estimate of drug-likeness (QED) is 0.718. The van der Waals surface area contributed by atoms with Crippen LogP contribution in [0.1, 0.15) is 37.7 Å². The molecule has 0 unspecified atom stereocenters. The van der Waals surface area contributed by atoms with Crippen molar-refractivity contribution in [2.75, 3.05) is 24.2 Å². The van der Waals surface area contributed by atoms with Crippen LogP contribution in [-0.2, 0) is 0 Å². The molecule has 0 amide bonds. The first-order chi connectivity index (χ1) is 8.65. The predicted molar refractivity (Wildman–Crippen MR) is 76.7 cm³/mol. The van der Waals surface area contributed by atoms with Crippen LogP contribution in [0.3, 0.4) is 0 Å². The molecule has 1 aromatic rings. The first-order valence-electron chi connectivity index (χ1n) is 6.86.